The summed E-state index contributed by atoms with van der Waals surface area (Å²) in [6, 6.07) is 7.14. The molecule has 6 heteroatoms. The van der Waals surface area contributed by atoms with Crippen molar-refractivity contribution < 1.29 is 18.0 Å². The summed E-state index contributed by atoms with van der Waals surface area (Å²) >= 11 is 0. The second kappa shape index (κ2) is 7.25. The lowest BCUT2D eigenvalue weighted by Gasteiger charge is -2.15. The van der Waals surface area contributed by atoms with Gasteiger partial charge in [0.1, 0.15) is 0 Å². The Hall–Kier alpha value is -2.11. The lowest BCUT2D eigenvalue weighted by Crippen LogP contribution is -2.11. The van der Waals surface area contributed by atoms with Crippen molar-refractivity contribution in [3.8, 4) is 0 Å². The normalized spacial score (nSPS) is 14.5. The number of ketones is 1. The summed E-state index contributed by atoms with van der Waals surface area (Å²) in [5.74, 6) is 0.318. The van der Waals surface area contributed by atoms with Crippen molar-refractivity contribution in [1.29, 1.82) is 0 Å². The van der Waals surface area contributed by atoms with Gasteiger partial charge in [0, 0.05) is 23.2 Å². The lowest BCUT2D eigenvalue weighted by atomic mass is 9.95. The van der Waals surface area contributed by atoms with Crippen LogP contribution in [0.1, 0.15) is 66.0 Å². The molecule has 0 spiro atoms. The molecule has 0 saturated heterocycles. The van der Waals surface area contributed by atoms with Gasteiger partial charge in [-0.1, -0.05) is 32.0 Å². The molecule has 0 radical (unpaired) electrons. The van der Waals surface area contributed by atoms with Crippen molar-refractivity contribution in [2.24, 2.45) is 5.92 Å². The zero-order chi connectivity index (χ0) is 18.9. The fourth-order valence-corrected chi connectivity index (χ4v) is 3.53. The molecule has 0 saturated carbocycles. The topological polar surface area (TPSA) is 34.9 Å². The average molecular weight is 364 g/mol. The van der Waals surface area contributed by atoms with Crippen LogP contribution in [0.2, 0.25) is 0 Å². The molecular formula is C20H23F3N2O. The quantitative estimate of drug-likeness (QED) is 0.695. The predicted octanol–water partition coefficient (Wildman–Crippen LogP) is 5.06. The number of aromatic nitrogens is 2. The minimum absolute atomic E-state index is 0.0559. The number of halogens is 3. The second-order valence-electron chi connectivity index (χ2n) is 7.36. The van der Waals surface area contributed by atoms with Gasteiger partial charge < -0.3 is 0 Å². The molecule has 0 bridgehead atoms. The molecule has 0 unspecified atom stereocenters. The molecule has 0 aliphatic heterocycles. The Morgan fingerprint density at radius 3 is 2.65 bits per heavy atom. The van der Waals surface area contributed by atoms with E-state index < -0.39 is 11.9 Å². The van der Waals surface area contributed by atoms with Crippen LogP contribution in [0.4, 0.5) is 13.2 Å². The summed E-state index contributed by atoms with van der Waals surface area (Å²) in [5, 5.41) is 3.89. The minimum Gasteiger partial charge on any atom is -0.294 e. The monoisotopic (exact) mass is 364 g/mol. The number of nitrogens with zero attached hydrogens (tertiary/aromatic N) is 2. The van der Waals surface area contributed by atoms with Gasteiger partial charge in [-0.05, 0) is 43.2 Å². The molecule has 0 atom stereocenters. The number of rotatable bonds is 5. The van der Waals surface area contributed by atoms with Crippen LogP contribution in [-0.2, 0) is 25.6 Å². The van der Waals surface area contributed by atoms with Gasteiger partial charge in [-0.2, -0.15) is 18.3 Å². The van der Waals surface area contributed by atoms with Crippen LogP contribution in [0.5, 0.6) is 0 Å². The summed E-state index contributed by atoms with van der Waals surface area (Å²) in [5.41, 5.74) is 1.68. The first-order valence-electron chi connectivity index (χ1n) is 9.03. The summed E-state index contributed by atoms with van der Waals surface area (Å²) < 4.78 is 41.4. The molecule has 1 aromatic heterocycles. The minimum atomic E-state index is -4.43. The maximum atomic E-state index is 13.3. The van der Waals surface area contributed by atoms with E-state index in [2.05, 4.69) is 5.10 Å². The average Bonchev–Trinajstić information content (AvgIpc) is 2.94. The number of benzene rings is 1. The highest BCUT2D eigenvalue weighted by Gasteiger charge is 2.39. The maximum absolute atomic E-state index is 13.3. The number of hydrogen-bond donors (Lipinski definition) is 0. The van der Waals surface area contributed by atoms with Crippen molar-refractivity contribution in [3.63, 3.8) is 0 Å². The second-order valence-corrected chi connectivity index (χ2v) is 7.36. The number of carbonyl (C=O) groups is 1. The highest BCUT2D eigenvalue weighted by Crippen LogP contribution is 2.36. The Bertz CT molecular complexity index is 806. The highest BCUT2D eigenvalue weighted by molar-refractivity contribution is 5.96. The Labute approximate surface area is 151 Å². The van der Waals surface area contributed by atoms with Crippen LogP contribution in [-0.4, -0.2) is 15.6 Å². The first kappa shape index (κ1) is 18.7. The molecule has 0 fully saturated rings. The van der Waals surface area contributed by atoms with Gasteiger partial charge in [0.15, 0.2) is 11.5 Å². The third-order valence-corrected chi connectivity index (χ3v) is 4.70. The summed E-state index contributed by atoms with van der Waals surface area (Å²) in [7, 11) is 0. The van der Waals surface area contributed by atoms with Gasteiger partial charge in [0.25, 0.3) is 0 Å². The number of hydrogen-bond acceptors (Lipinski definition) is 2. The van der Waals surface area contributed by atoms with Crippen LogP contribution in [0, 0.1) is 5.92 Å². The van der Waals surface area contributed by atoms with Crippen molar-refractivity contribution >= 4 is 5.78 Å². The Kier molecular flexibility index (Phi) is 5.21. The molecule has 1 heterocycles. The SMILES string of the molecule is CC(C)CC(=O)c1cccc(Cn2nc(C(F)(F)F)c3c2CCCC3)c1. The Balaban J connectivity index is 1.90. The van der Waals surface area contributed by atoms with E-state index in [-0.39, 0.29) is 18.2 Å². The summed E-state index contributed by atoms with van der Waals surface area (Å²) in [6.45, 7) is 4.22. The van der Waals surface area contributed by atoms with E-state index in [0.29, 0.717) is 36.1 Å². The summed E-state index contributed by atoms with van der Waals surface area (Å²) in [6.07, 6.45) is -1.29. The van der Waals surface area contributed by atoms with Gasteiger partial charge >= 0.3 is 6.18 Å². The smallest absolute Gasteiger partial charge is 0.294 e. The largest absolute Gasteiger partial charge is 0.435 e. The number of fused-ring (bicyclic) bond motifs is 1. The number of carbonyl (C=O) groups excluding carboxylic acids is 1. The first-order chi connectivity index (χ1) is 12.3. The van der Waals surface area contributed by atoms with Gasteiger partial charge in [-0.3, -0.25) is 9.48 Å². The molecule has 3 nitrogen and oxygen atoms in total. The van der Waals surface area contributed by atoms with Crippen molar-refractivity contribution in [1.82, 2.24) is 9.78 Å². The molecule has 2 aromatic rings. The predicted molar refractivity (Wildman–Crippen MR) is 93.2 cm³/mol. The van der Waals surface area contributed by atoms with Gasteiger partial charge in [0.2, 0.25) is 0 Å². The Morgan fingerprint density at radius 1 is 1.23 bits per heavy atom. The molecule has 0 amide bonds. The fraction of sp³-hybridized carbons (Fsp3) is 0.500. The van der Waals surface area contributed by atoms with Crippen molar-refractivity contribution in [2.75, 3.05) is 0 Å². The van der Waals surface area contributed by atoms with E-state index in [0.717, 1.165) is 18.4 Å². The van der Waals surface area contributed by atoms with E-state index in [1.165, 1.54) is 4.68 Å². The van der Waals surface area contributed by atoms with Gasteiger partial charge in [0.05, 0.1) is 6.54 Å². The molecular weight excluding hydrogens is 341 g/mol. The van der Waals surface area contributed by atoms with Crippen LogP contribution in [0.3, 0.4) is 0 Å². The third-order valence-electron chi connectivity index (χ3n) is 4.70. The fourth-order valence-electron chi connectivity index (χ4n) is 3.53. The zero-order valence-corrected chi connectivity index (χ0v) is 15.1. The van der Waals surface area contributed by atoms with E-state index >= 15 is 0 Å². The van der Waals surface area contributed by atoms with Crippen LogP contribution >= 0.6 is 0 Å². The molecule has 3 rings (SSSR count). The van der Waals surface area contributed by atoms with Crippen LogP contribution < -0.4 is 0 Å². The highest BCUT2D eigenvalue weighted by atomic mass is 19.4. The molecule has 26 heavy (non-hydrogen) atoms. The molecule has 1 aromatic carbocycles. The molecule has 0 N–H and O–H groups in total. The zero-order valence-electron chi connectivity index (χ0n) is 15.1. The lowest BCUT2D eigenvalue weighted by molar-refractivity contribution is -0.142. The Morgan fingerprint density at radius 2 is 1.96 bits per heavy atom. The number of Topliss-reactive ketones (excluding diaryl/α,β-unsaturated/α-hetero) is 1. The standard InChI is InChI=1S/C20H23F3N2O/c1-13(2)10-18(26)15-7-5-6-14(11-15)12-25-17-9-4-3-8-16(17)19(24-25)20(21,22)23/h5-7,11,13H,3-4,8-10,12H2,1-2H3. The maximum Gasteiger partial charge on any atom is 0.435 e. The molecule has 140 valence electrons. The van der Waals surface area contributed by atoms with Crippen molar-refractivity contribution in [2.45, 2.75) is 58.7 Å². The van der Waals surface area contributed by atoms with E-state index in [9.17, 15) is 18.0 Å². The van der Waals surface area contributed by atoms with E-state index in [1.54, 1.807) is 18.2 Å². The number of alkyl halides is 3. The van der Waals surface area contributed by atoms with Gasteiger partial charge in [-0.15, -0.1) is 0 Å². The van der Waals surface area contributed by atoms with Crippen LogP contribution in [0.25, 0.3) is 0 Å². The van der Waals surface area contributed by atoms with E-state index in [1.807, 2.05) is 19.9 Å². The van der Waals surface area contributed by atoms with Crippen molar-refractivity contribution in [3.05, 3.63) is 52.3 Å². The molecule has 1 aliphatic carbocycles. The molecule has 1 aliphatic rings. The first-order valence-corrected chi connectivity index (χ1v) is 9.03. The van der Waals surface area contributed by atoms with Gasteiger partial charge in [-0.25, -0.2) is 0 Å². The van der Waals surface area contributed by atoms with Crippen LogP contribution in [0.15, 0.2) is 24.3 Å². The van der Waals surface area contributed by atoms with E-state index in [4.69, 9.17) is 0 Å². The third kappa shape index (κ3) is 4.00. The summed E-state index contributed by atoms with van der Waals surface area (Å²) in [4.78, 5) is 12.3.